The Labute approximate surface area is 137 Å². The van der Waals surface area contributed by atoms with Crippen LogP contribution < -0.4 is 5.32 Å². The highest BCUT2D eigenvalue weighted by Crippen LogP contribution is 2.30. The number of halogens is 1. The number of nitrogens with zero attached hydrogens (tertiary/aromatic N) is 2. The van der Waals surface area contributed by atoms with Crippen molar-refractivity contribution in [2.24, 2.45) is 0 Å². The van der Waals surface area contributed by atoms with Gasteiger partial charge in [-0.25, -0.2) is 0 Å². The van der Waals surface area contributed by atoms with E-state index in [1.807, 2.05) is 6.92 Å². The van der Waals surface area contributed by atoms with Gasteiger partial charge in [-0.2, -0.15) is 0 Å². The van der Waals surface area contributed by atoms with Gasteiger partial charge in [0.1, 0.15) is 0 Å². The number of anilines is 1. The predicted octanol–water partition coefficient (Wildman–Crippen LogP) is 4.38. The van der Waals surface area contributed by atoms with Gasteiger partial charge in [0.15, 0.2) is 10.1 Å². The summed E-state index contributed by atoms with van der Waals surface area (Å²) in [6.45, 7) is 4.84. The van der Waals surface area contributed by atoms with Gasteiger partial charge in [-0.15, -0.1) is 10.2 Å². The summed E-state index contributed by atoms with van der Waals surface area (Å²) in [6.07, 6.45) is 1.04. The Kier molecular flexibility index (Phi) is 6.02. The van der Waals surface area contributed by atoms with E-state index >= 15 is 0 Å². The second kappa shape index (κ2) is 7.77. The number of Topliss-reactive ketones (excluding diaryl/α,β-unsaturated/α-hetero) is 1. The summed E-state index contributed by atoms with van der Waals surface area (Å²) in [6, 6.07) is 6.94. The monoisotopic (exact) mass is 341 g/mol. The minimum Gasteiger partial charge on any atom is -0.360 e. The molecular weight excluding hydrogens is 326 g/mol. The van der Waals surface area contributed by atoms with Crippen LogP contribution in [0.2, 0.25) is 5.02 Å². The van der Waals surface area contributed by atoms with E-state index < -0.39 is 0 Å². The van der Waals surface area contributed by atoms with Gasteiger partial charge in [0.25, 0.3) is 0 Å². The van der Waals surface area contributed by atoms with Gasteiger partial charge in [-0.1, -0.05) is 41.6 Å². The molecule has 4 nitrogen and oxygen atoms in total. The minimum atomic E-state index is -0.210. The third-order valence-electron chi connectivity index (χ3n) is 2.71. The van der Waals surface area contributed by atoms with Gasteiger partial charge < -0.3 is 5.32 Å². The van der Waals surface area contributed by atoms with E-state index in [0.717, 1.165) is 22.4 Å². The van der Waals surface area contributed by atoms with Crippen LogP contribution in [-0.4, -0.2) is 27.8 Å². The zero-order valence-corrected chi connectivity index (χ0v) is 14.2. The molecule has 1 unspecified atom stereocenters. The number of benzene rings is 1. The average molecular weight is 342 g/mol. The highest BCUT2D eigenvalue weighted by atomic mass is 35.5. The maximum atomic E-state index is 12.3. The highest BCUT2D eigenvalue weighted by Gasteiger charge is 2.18. The molecule has 112 valence electrons. The summed E-state index contributed by atoms with van der Waals surface area (Å²) in [5.41, 5.74) is 0.660. The molecule has 0 saturated heterocycles. The molecule has 0 spiro atoms. The Balaban J connectivity index is 1.97. The van der Waals surface area contributed by atoms with E-state index in [0.29, 0.717) is 10.6 Å². The SMILES string of the molecule is CCCNc1nnc(SC(C)C(=O)c2ccc(Cl)cc2)s1. The van der Waals surface area contributed by atoms with Crippen LogP contribution in [0.3, 0.4) is 0 Å². The molecule has 0 saturated carbocycles. The molecular formula is C14H16ClN3OS2. The quantitative estimate of drug-likeness (QED) is 0.598. The number of ketones is 1. The lowest BCUT2D eigenvalue weighted by atomic mass is 10.1. The van der Waals surface area contributed by atoms with E-state index in [1.54, 1.807) is 24.3 Å². The molecule has 0 aliphatic rings. The lowest BCUT2D eigenvalue weighted by molar-refractivity contribution is 0.0994. The second-order valence-corrected chi connectivity index (χ2v) is 7.43. The molecule has 2 aromatic rings. The number of carbonyl (C=O) groups excluding carboxylic acids is 1. The van der Waals surface area contributed by atoms with Crippen LogP contribution in [0.5, 0.6) is 0 Å². The number of hydrogen-bond acceptors (Lipinski definition) is 6. The number of aromatic nitrogens is 2. The summed E-state index contributed by atoms with van der Waals surface area (Å²) in [4.78, 5) is 12.3. The number of rotatable bonds is 7. The first-order valence-corrected chi connectivity index (χ1v) is 8.71. The third kappa shape index (κ3) is 4.69. The van der Waals surface area contributed by atoms with E-state index in [2.05, 4.69) is 22.4 Å². The van der Waals surface area contributed by atoms with Gasteiger partial charge in [0, 0.05) is 17.1 Å². The number of carbonyl (C=O) groups is 1. The van der Waals surface area contributed by atoms with Crippen molar-refractivity contribution >= 4 is 45.6 Å². The molecule has 0 aliphatic heterocycles. The van der Waals surface area contributed by atoms with Crippen molar-refractivity contribution in [1.82, 2.24) is 10.2 Å². The molecule has 1 heterocycles. The number of thioether (sulfide) groups is 1. The van der Waals surface area contributed by atoms with Crippen LogP contribution in [-0.2, 0) is 0 Å². The third-order valence-corrected chi connectivity index (χ3v) is 5.03. The molecule has 0 aliphatic carbocycles. The summed E-state index contributed by atoms with van der Waals surface area (Å²) in [5.74, 6) is 0.0648. The molecule has 7 heteroatoms. The van der Waals surface area contributed by atoms with Crippen molar-refractivity contribution in [2.75, 3.05) is 11.9 Å². The molecule has 2 rings (SSSR count). The second-order valence-electron chi connectivity index (χ2n) is 4.43. The first-order valence-electron chi connectivity index (χ1n) is 6.64. The van der Waals surface area contributed by atoms with Crippen molar-refractivity contribution < 1.29 is 4.79 Å². The van der Waals surface area contributed by atoms with Crippen molar-refractivity contribution in [3.05, 3.63) is 34.9 Å². The molecule has 0 radical (unpaired) electrons. The normalized spacial score (nSPS) is 12.1. The molecule has 0 bridgehead atoms. The van der Waals surface area contributed by atoms with Crippen molar-refractivity contribution in [3.63, 3.8) is 0 Å². The molecule has 1 aromatic heterocycles. The Morgan fingerprint density at radius 3 is 2.76 bits per heavy atom. The smallest absolute Gasteiger partial charge is 0.206 e. The largest absolute Gasteiger partial charge is 0.360 e. The fourth-order valence-corrected chi connectivity index (χ4v) is 3.74. The van der Waals surface area contributed by atoms with Gasteiger partial charge in [-0.3, -0.25) is 4.79 Å². The van der Waals surface area contributed by atoms with E-state index in [4.69, 9.17) is 11.6 Å². The van der Waals surface area contributed by atoms with Crippen molar-refractivity contribution in [3.8, 4) is 0 Å². The van der Waals surface area contributed by atoms with Crippen LogP contribution in [0.4, 0.5) is 5.13 Å². The average Bonchev–Trinajstić information content (AvgIpc) is 2.92. The highest BCUT2D eigenvalue weighted by molar-refractivity contribution is 8.02. The topological polar surface area (TPSA) is 54.9 Å². The van der Waals surface area contributed by atoms with Crippen LogP contribution in [0, 0.1) is 0 Å². The van der Waals surface area contributed by atoms with E-state index in [9.17, 15) is 4.79 Å². The summed E-state index contributed by atoms with van der Waals surface area (Å²) in [7, 11) is 0. The Bertz CT molecular complexity index is 601. The maximum absolute atomic E-state index is 12.3. The van der Waals surface area contributed by atoms with Gasteiger partial charge in [0.05, 0.1) is 5.25 Å². The Morgan fingerprint density at radius 2 is 2.10 bits per heavy atom. The summed E-state index contributed by atoms with van der Waals surface area (Å²) in [5, 5.41) is 12.6. The zero-order chi connectivity index (χ0) is 15.2. The fourth-order valence-electron chi connectivity index (χ4n) is 1.61. The van der Waals surface area contributed by atoms with E-state index in [-0.39, 0.29) is 11.0 Å². The van der Waals surface area contributed by atoms with E-state index in [1.165, 1.54) is 23.1 Å². The molecule has 1 aromatic carbocycles. The molecule has 0 amide bonds. The molecule has 0 fully saturated rings. The minimum absolute atomic E-state index is 0.0648. The molecule has 1 N–H and O–H groups in total. The van der Waals surface area contributed by atoms with Crippen LogP contribution in [0.1, 0.15) is 30.6 Å². The van der Waals surface area contributed by atoms with Gasteiger partial charge >= 0.3 is 0 Å². The fraction of sp³-hybridized carbons (Fsp3) is 0.357. The zero-order valence-electron chi connectivity index (χ0n) is 11.8. The van der Waals surface area contributed by atoms with Crippen molar-refractivity contribution in [1.29, 1.82) is 0 Å². The summed E-state index contributed by atoms with van der Waals surface area (Å²) < 4.78 is 0.795. The standard InChI is InChI=1S/C14H16ClN3OS2/c1-3-8-16-13-17-18-14(21-13)20-9(2)12(19)10-4-6-11(15)7-5-10/h4-7,9H,3,8H2,1-2H3,(H,16,17). The Morgan fingerprint density at radius 1 is 1.38 bits per heavy atom. The first-order chi connectivity index (χ1) is 10.1. The lowest BCUT2D eigenvalue weighted by Gasteiger charge is -2.07. The predicted molar refractivity (Wildman–Crippen MR) is 89.8 cm³/mol. The van der Waals surface area contributed by atoms with Crippen molar-refractivity contribution in [2.45, 2.75) is 29.9 Å². The summed E-state index contributed by atoms with van der Waals surface area (Å²) >= 11 is 8.73. The van der Waals surface area contributed by atoms with Crippen LogP contribution in [0.25, 0.3) is 0 Å². The van der Waals surface area contributed by atoms with Gasteiger partial charge in [0.2, 0.25) is 5.13 Å². The van der Waals surface area contributed by atoms with Gasteiger partial charge in [-0.05, 0) is 37.6 Å². The first kappa shape index (κ1) is 16.3. The Hall–Kier alpha value is -1.11. The maximum Gasteiger partial charge on any atom is 0.206 e. The molecule has 21 heavy (non-hydrogen) atoms. The number of hydrogen-bond donors (Lipinski definition) is 1. The lowest BCUT2D eigenvalue weighted by Crippen LogP contribution is -2.13. The molecule has 1 atom stereocenters. The number of nitrogens with one attached hydrogen (secondary N) is 1. The van der Waals surface area contributed by atoms with Crippen LogP contribution >= 0.6 is 34.7 Å². The van der Waals surface area contributed by atoms with Crippen LogP contribution in [0.15, 0.2) is 28.6 Å².